The van der Waals surface area contributed by atoms with Crippen molar-refractivity contribution >= 4 is 5.69 Å². The summed E-state index contributed by atoms with van der Waals surface area (Å²) < 4.78 is 11.1. The number of nitrogens with zero attached hydrogens (tertiary/aromatic N) is 2. The molecule has 0 spiro atoms. The smallest absolute Gasteiger partial charge is 0.120 e. The number of aryl methyl sites for hydroxylation is 1. The van der Waals surface area contributed by atoms with E-state index in [0.29, 0.717) is 5.92 Å². The van der Waals surface area contributed by atoms with Gasteiger partial charge in [0.25, 0.3) is 0 Å². The first kappa shape index (κ1) is 22.0. The van der Waals surface area contributed by atoms with E-state index < -0.39 is 0 Å². The first-order chi connectivity index (χ1) is 15.2. The average Bonchev–Trinajstić information content (AvgIpc) is 2.84. The number of anilines is 1. The molecule has 168 valence electrons. The van der Waals surface area contributed by atoms with Gasteiger partial charge in [-0.25, -0.2) is 0 Å². The number of piperidine rings is 1. The zero-order valence-corrected chi connectivity index (χ0v) is 19.5. The number of rotatable bonds is 8. The Kier molecular flexibility index (Phi) is 7.39. The van der Waals surface area contributed by atoms with E-state index in [1.54, 1.807) is 14.2 Å². The van der Waals surface area contributed by atoms with Gasteiger partial charge in [-0.05, 0) is 92.9 Å². The highest BCUT2D eigenvalue weighted by molar-refractivity contribution is 5.59. The molecule has 1 unspecified atom stereocenters. The molecule has 1 aliphatic heterocycles. The lowest BCUT2D eigenvalue weighted by molar-refractivity contribution is 0.233. The second kappa shape index (κ2) is 10.4. The standard InChI is InChI=1S/C27H38N2O2/c1-4-29(17-16-28-14-6-5-7-15-28)27-20-25(31-3)12-13-26(27)23-9-8-22-19-24(30-2)11-10-21(22)18-23/h10-13,19-20,23H,4-9,14-18H2,1-3H3. The molecule has 2 aromatic rings. The third-order valence-electron chi connectivity index (χ3n) is 7.18. The van der Waals surface area contributed by atoms with Crippen molar-refractivity contribution in [1.29, 1.82) is 0 Å². The van der Waals surface area contributed by atoms with Gasteiger partial charge in [0.2, 0.25) is 0 Å². The number of ether oxygens (including phenoxy) is 2. The van der Waals surface area contributed by atoms with Crippen molar-refractivity contribution in [2.75, 3.05) is 51.8 Å². The third-order valence-corrected chi connectivity index (χ3v) is 7.18. The molecular weight excluding hydrogens is 384 g/mol. The van der Waals surface area contributed by atoms with Crippen molar-refractivity contribution < 1.29 is 9.47 Å². The summed E-state index contributed by atoms with van der Waals surface area (Å²) in [5, 5.41) is 0. The van der Waals surface area contributed by atoms with Gasteiger partial charge in [-0.15, -0.1) is 0 Å². The second-order valence-corrected chi connectivity index (χ2v) is 8.98. The molecule has 1 atom stereocenters. The molecule has 4 rings (SSSR count). The maximum absolute atomic E-state index is 5.62. The van der Waals surface area contributed by atoms with Crippen molar-refractivity contribution in [3.63, 3.8) is 0 Å². The molecule has 1 aliphatic carbocycles. The Morgan fingerprint density at radius 3 is 2.42 bits per heavy atom. The predicted octanol–water partition coefficient (Wildman–Crippen LogP) is 5.29. The van der Waals surface area contributed by atoms with Crippen LogP contribution in [0.2, 0.25) is 0 Å². The second-order valence-electron chi connectivity index (χ2n) is 8.98. The van der Waals surface area contributed by atoms with Crippen LogP contribution in [0, 0.1) is 0 Å². The molecule has 2 aromatic carbocycles. The summed E-state index contributed by atoms with van der Waals surface area (Å²) in [5.41, 5.74) is 5.75. The van der Waals surface area contributed by atoms with Crippen LogP contribution >= 0.6 is 0 Å². The van der Waals surface area contributed by atoms with E-state index in [1.165, 1.54) is 61.2 Å². The van der Waals surface area contributed by atoms with E-state index in [-0.39, 0.29) is 0 Å². The molecule has 0 bridgehead atoms. The maximum atomic E-state index is 5.62. The Hall–Kier alpha value is -2.20. The zero-order valence-electron chi connectivity index (χ0n) is 19.5. The predicted molar refractivity (Wildman–Crippen MR) is 129 cm³/mol. The molecule has 0 aromatic heterocycles. The van der Waals surface area contributed by atoms with Crippen molar-refractivity contribution in [2.45, 2.75) is 51.4 Å². The molecule has 0 amide bonds. The van der Waals surface area contributed by atoms with Crippen molar-refractivity contribution in [3.05, 3.63) is 53.1 Å². The number of fused-ring (bicyclic) bond motifs is 1. The molecule has 0 saturated carbocycles. The Bertz CT molecular complexity index is 860. The van der Waals surface area contributed by atoms with Gasteiger partial charge < -0.3 is 19.3 Å². The SMILES string of the molecule is CCN(CCN1CCCCC1)c1cc(OC)ccc1C1CCc2cc(OC)ccc2C1. The summed E-state index contributed by atoms with van der Waals surface area (Å²) in [5.74, 6) is 2.47. The Morgan fingerprint density at radius 1 is 0.935 bits per heavy atom. The normalized spacial score (nSPS) is 19.0. The van der Waals surface area contributed by atoms with Crippen LogP contribution in [-0.4, -0.2) is 51.8 Å². The first-order valence-corrected chi connectivity index (χ1v) is 12.0. The number of benzene rings is 2. The number of likely N-dealkylation sites (N-methyl/N-ethyl adjacent to an activating group) is 1. The van der Waals surface area contributed by atoms with Crippen LogP contribution in [0.5, 0.6) is 11.5 Å². The van der Waals surface area contributed by atoms with Gasteiger partial charge in [0.15, 0.2) is 0 Å². The van der Waals surface area contributed by atoms with Crippen LogP contribution in [0.1, 0.15) is 55.2 Å². The van der Waals surface area contributed by atoms with Crippen LogP contribution in [0.25, 0.3) is 0 Å². The van der Waals surface area contributed by atoms with Crippen molar-refractivity contribution in [1.82, 2.24) is 4.90 Å². The highest BCUT2D eigenvalue weighted by Crippen LogP contribution is 2.39. The van der Waals surface area contributed by atoms with Crippen LogP contribution in [0.4, 0.5) is 5.69 Å². The topological polar surface area (TPSA) is 24.9 Å². The van der Waals surface area contributed by atoms with E-state index in [4.69, 9.17) is 9.47 Å². The summed E-state index contributed by atoms with van der Waals surface area (Å²) in [6, 6.07) is 13.3. The number of hydrogen-bond acceptors (Lipinski definition) is 4. The molecule has 1 fully saturated rings. The summed E-state index contributed by atoms with van der Waals surface area (Å²) in [6.45, 7) is 8.04. The van der Waals surface area contributed by atoms with Crippen molar-refractivity contribution in [3.8, 4) is 11.5 Å². The number of hydrogen-bond donors (Lipinski definition) is 0. The van der Waals surface area contributed by atoms with Gasteiger partial charge in [0, 0.05) is 31.4 Å². The van der Waals surface area contributed by atoms with Crippen molar-refractivity contribution in [2.24, 2.45) is 0 Å². The van der Waals surface area contributed by atoms with E-state index in [1.807, 2.05) is 0 Å². The minimum atomic E-state index is 0.547. The Morgan fingerprint density at radius 2 is 1.68 bits per heavy atom. The van der Waals surface area contributed by atoms with Gasteiger partial charge >= 0.3 is 0 Å². The molecule has 31 heavy (non-hydrogen) atoms. The molecule has 1 saturated heterocycles. The highest BCUT2D eigenvalue weighted by Gasteiger charge is 2.25. The summed E-state index contributed by atoms with van der Waals surface area (Å²) in [4.78, 5) is 5.20. The van der Waals surface area contributed by atoms with Crippen LogP contribution in [-0.2, 0) is 12.8 Å². The fourth-order valence-electron chi connectivity index (χ4n) is 5.29. The van der Waals surface area contributed by atoms with Gasteiger partial charge in [0.1, 0.15) is 11.5 Å². The van der Waals surface area contributed by atoms with Crippen LogP contribution < -0.4 is 14.4 Å². The lowest BCUT2D eigenvalue weighted by Crippen LogP contribution is -2.38. The fraction of sp³-hybridized carbons (Fsp3) is 0.556. The van der Waals surface area contributed by atoms with Gasteiger partial charge in [-0.2, -0.15) is 0 Å². The molecule has 2 aliphatic rings. The lowest BCUT2D eigenvalue weighted by atomic mass is 9.79. The number of methoxy groups -OCH3 is 2. The number of likely N-dealkylation sites (tertiary alicyclic amines) is 1. The lowest BCUT2D eigenvalue weighted by Gasteiger charge is -2.34. The zero-order chi connectivity index (χ0) is 21.6. The first-order valence-electron chi connectivity index (χ1n) is 12.0. The fourth-order valence-corrected chi connectivity index (χ4v) is 5.29. The highest BCUT2D eigenvalue weighted by atomic mass is 16.5. The van der Waals surface area contributed by atoms with E-state index in [2.05, 4.69) is 53.1 Å². The van der Waals surface area contributed by atoms with E-state index in [9.17, 15) is 0 Å². The molecule has 0 radical (unpaired) electrons. The van der Waals surface area contributed by atoms with Gasteiger partial charge in [-0.1, -0.05) is 18.6 Å². The minimum Gasteiger partial charge on any atom is -0.497 e. The van der Waals surface area contributed by atoms with Crippen LogP contribution in [0.3, 0.4) is 0 Å². The van der Waals surface area contributed by atoms with Crippen LogP contribution in [0.15, 0.2) is 36.4 Å². The largest absolute Gasteiger partial charge is 0.497 e. The third kappa shape index (κ3) is 5.17. The quantitative estimate of drug-likeness (QED) is 0.577. The van der Waals surface area contributed by atoms with Gasteiger partial charge in [0.05, 0.1) is 14.2 Å². The molecule has 4 nitrogen and oxygen atoms in total. The molecule has 0 N–H and O–H groups in total. The summed E-state index contributed by atoms with van der Waals surface area (Å²) >= 11 is 0. The summed E-state index contributed by atoms with van der Waals surface area (Å²) in [6.07, 6.45) is 7.49. The molecular formula is C27H38N2O2. The van der Waals surface area contributed by atoms with E-state index >= 15 is 0 Å². The average molecular weight is 423 g/mol. The maximum Gasteiger partial charge on any atom is 0.120 e. The summed E-state index contributed by atoms with van der Waals surface area (Å²) in [7, 11) is 3.52. The molecule has 1 heterocycles. The Balaban J connectivity index is 1.55. The van der Waals surface area contributed by atoms with Gasteiger partial charge in [-0.3, -0.25) is 0 Å². The van der Waals surface area contributed by atoms with E-state index in [0.717, 1.165) is 44.0 Å². The Labute approximate surface area is 188 Å². The monoisotopic (exact) mass is 422 g/mol. The minimum absolute atomic E-state index is 0.547. The molecule has 4 heteroatoms.